The van der Waals surface area contributed by atoms with Gasteiger partial charge >= 0.3 is 5.97 Å². The molecular weight excluding hydrogens is 252 g/mol. The molecule has 0 aromatic heterocycles. The summed E-state index contributed by atoms with van der Waals surface area (Å²) >= 11 is 0. The second kappa shape index (κ2) is 13.5. The maximum absolute atomic E-state index is 10.9. The van der Waals surface area contributed by atoms with Gasteiger partial charge in [0, 0.05) is 25.7 Å². The van der Waals surface area contributed by atoms with Gasteiger partial charge < -0.3 is 19.3 Å². The summed E-state index contributed by atoms with van der Waals surface area (Å²) in [5, 5.41) is 19.6. The van der Waals surface area contributed by atoms with Crippen molar-refractivity contribution >= 4 is 5.97 Å². The minimum atomic E-state index is -0.697. The fourth-order valence-electron chi connectivity index (χ4n) is 1.17. The van der Waals surface area contributed by atoms with E-state index in [2.05, 4.69) is 0 Å². The first kappa shape index (κ1) is 18.0. The van der Waals surface area contributed by atoms with Crippen molar-refractivity contribution in [2.75, 3.05) is 39.6 Å². The van der Waals surface area contributed by atoms with E-state index in [1.54, 1.807) is 13.0 Å². The SMILES string of the molecule is CC=CC(=O)OCCCOCC(O)COCCC[O]. The zero-order chi connectivity index (χ0) is 14.3. The second-order valence-corrected chi connectivity index (χ2v) is 3.88. The molecular formula is C13H23O6. The number of esters is 1. The van der Waals surface area contributed by atoms with Crippen LogP contribution < -0.4 is 0 Å². The summed E-state index contributed by atoms with van der Waals surface area (Å²) in [5.74, 6) is -0.366. The smallest absolute Gasteiger partial charge is 0.330 e. The summed E-state index contributed by atoms with van der Waals surface area (Å²) in [7, 11) is 0. The molecule has 0 amide bonds. The largest absolute Gasteiger partial charge is 0.462 e. The van der Waals surface area contributed by atoms with Crippen molar-refractivity contribution in [1.82, 2.24) is 0 Å². The van der Waals surface area contributed by atoms with Crippen LogP contribution in [0.15, 0.2) is 12.2 Å². The number of aliphatic hydroxyl groups excluding tert-OH is 1. The highest BCUT2D eigenvalue weighted by Crippen LogP contribution is 1.92. The maximum atomic E-state index is 10.9. The monoisotopic (exact) mass is 275 g/mol. The molecule has 19 heavy (non-hydrogen) atoms. The van der Waals surface area contributed by atoms with Gasteiger partial charge in [-0.15, -0.1) is 0 Å². The van der Waals surface area contributed by atoms with Gasteiger partial charge in [-0.25, -0.2) is 9.90 Å². The molecule has 6 heteroatoms. The number of carbonyl (C=O) groups is 1. The van der Waals surface area contributed by atoms with E-state index in [0.717, 1.165) is 0 Å². The Hall–Kier alpha value is -0.950. The third kappa shape index (κ3) is 13.3. The van der Waals surface area contributed by atoms with Crippen LogP contribution in [0.25, 0.3) is 0 Å². The number of aliphatic hydroxyl groups is 1. The number of allylic oxidation sites excluding steroid dienone is 1. The standard InChI is InChI=1S/C13H23O6/c1-2-5-13(16)19-9-4-8-18-11-12(15)10-17-7-3-6-14/h2,5,12,15H,3-4,6-11H2,1H3. The first-order chi connectivity index (χ1) is 9.20. The van der Waals surface area contributed by atoms with Crippen molar-refractivity contribution < 1.29 is 29.2 Å². The van der Waals surface area contributed by atoms with E-state index in [1.807, 2.05) is 0 Å². The summed E-state index contributed by atoms with van der Waals surface area (Å²) < 4.78 is 15.1. The van der Waals surface area contributed by atoms with Gasteiger partial charge in [0.2, 0.25) is 0 Å². The van der Waals surface area contributed by atoms with E-state index in [9.17, 15) is 15.0 Å². The van der Waals surface area contributed by atoms with Crippen molar-refractivity contribution in [3.05, 3.63) is 12.2 Å². The molecule has 0 heterocycles. The molecule has 0 aromatic carbocycles. The third-order valence-electron chi connectivity index (χ3n) is 2.03. The van der Waals surface area contributed by atoms with Gasteiger partial charge in [-0.3, -0.25) is 0 Å². The zero-order valence-electron chi connectivity index (χ0n) is 11.4. The predicted molar refractivity (Wildman–Crippen MR) is 68.2 cm³/mol. The van der Waals surface area contributed by atoms with Gasteiger partial charge in [0.25, 0.3) is 0 Å². The van der Waals surface area contributed by atoms with Gasteiger partial charge in [0.1, 0.15) is 6.10 Å². The molecule has 0 bridgehead atoms. The highest BCUT2D eigenvalue weighted by molar-refractivity contribution is 5.81. The Kier molecular flexibility index (Phi) is 12.8. The van der Waals surface area contributed by atoms with Crippen LogP contribution in [-0.2, 0) is 24.1 Å². The van der Waals surface area contributed by atoms with Crippen LogP contribution in [0.5, 0.6) is 0 Å². The average molecular weight is 275 g/mol. The van der Waals surface area contributed by atoms with Gasteiger partial charge in [-0.1, -0.05) is 6.08 Å². The normalized spacial score (nSPS) is 12.8. The molecule has 1 unspecified atom stereocenters. The van der Waals surface area contributed by atoms with Crippen molar-refractivity contribution in [3.63, 3.8) is 0 Å². The second-order valence-electron chi connectivity index (χ2n) is 3.88. The van der Waals surface area contributed by atoms with Crippen LogP contribution in [0.1, 0.15) is 19.8 Å². The number of ether oxygens (including phenoxy) is 3. The zero-order valence-corrected chi connectivity index (χ0v) is 11.4. The van der Waals surface area contributed by atoms with Crippen molar-refractivity contribution in [3.8, 4) is 0 Å². The summed E-state index contributed by atoms with van der Waals surface area (Å²) in [4.78, 5) is 10.9. The lowest BCUT2D eigenvalue weighted by atomic mass is 10.4. The molecule has 0 rings (SSSR count). The maximum Gasteiger partial charge on any atom is 0.330 e. The molecule has 1 N–H and O–H groups in total. The molecule has 0 aliphatic carbocycles. The van der Waals surface area contributed by atoms with Crippen LogP contribution >= 0.6 is 0 Å². The lowest BCUT2D eigenvalue weighted by Gasteiger charge is -2.11. The number of rotatable bonds is 12. The Morgan fingerprint density at radius 2 is 1.79 bits per heavy atom. The molecule has 0 fully saturated rings. The Bertz CT molecular complexity index is 241. The first-order valence-electron chi connectivity index (χ1n) is 6.41. The Morgan fingerprint density at radius 3 is 2.37 bits per heavy atom. The number of hydrogen-bond donors (Lipinski definition) is 1. The molecule has 0 aromatic rings. The van der Waals surface area contributed by atoms with Crippen LogP contribution in [0.4, 0.5) is 0 Å². The van der Waals surface area contributed by atoms with E-state index in [-0.39, 0.29) is 25.8 Å². The molecule has 0 spiro atoms. The summed E-state index contributed by atoms with van der Waals surface area (Å²) in [6.07, 6.45) is 3.29. The predicted octanol–water partition coefficient (Wildman–Crippen LogP) is 0.710. The molecule has 0 aliphatic rings. The molecule has 6 nitrogen and oxygen atoms in total. The molecule has 1 radical (unpaired) electrons. The Labute approximate surface area is 114 Å². The molecule has 111 valence electrons. The van der Waals surface area contributed by atoms with Gasteiger partial charge in [0.15, 0.2) is 0 Å². The van der Waals surface area contributed by atoms with Gasteiger partial charge in [-0.2, -0.15) is 0 Å². The molecule has 0 saturated carbocycles. The minimum Gasteiger partial charge on any atom is -0.462 e. The summed E-state index contributed by atoms with van der Waals surface area (Å²) in [5.41, 5.74) is 0. The summed E-state index contributed by atoms with van der Waals surface area (Å²) in [6.45, 7) is 2.96. The fraction of sp³-hybridized carbons (Fsp3) is 0.769. The minimum absolute atomic E-state index is 0.163. The van der Waals surface area contributed by atoms with E-state index < -0.39 is 6.10 Å². The highest BCUT2D eigenvalue weighted by Gasteiger charge is 2.04. The molecule has 1 atom stereocenters. The van der Waals surface area contributed by atoms with Gasteiger partial charge in [-0.05, 0) is 13.3 Å². The quantitative estimate of drug-likeness (QED) is 0.322. The number of hydrogen-bond acceptors (Lipinski definition) is 5. The van der Waals surface area contributed by atoms with Crippen LogP contribution in [0.2, 0.25) is 0 Å². The van der Waals surface area contributed by atoms with Crippen LogP contribution in [0, 0.1) is 0 Å². The average Bonchev–Trinajstić information content (AvgIpc) is 2.39. The van der Waals surface area contributed by atoms with Crippen molar-refractivity contribution in [2.24, 2.45) is 0 Å². The number of carbonyl (C=O) groups excluding carboxylic acids is 1. The fourth-order valence-corrected chi connectivity index (χ4v) is 1.17. The van der Waals surface area contributed by atoms with Crippen LogP contribution in [0.3, 0.4) is 0 Å². The third-order valence-corrected chi connectivity index (χ3v) is 2.03. The van der Waals surface area contributed by atoms with E-state index in [4.69, 9.17) is 14.2 Å². The lowest BCUT2D eigenvalue weighted by molar-refractivity contribution is -0.138. The molecule has 0 saturated heterocycles. The Morgan fingerprint density at radius 1 is 1.16 bits per heavy atom. The van der Waals surface area contributed by atoms with Crippen molar-refractivity contribution in [1.29, 1.82) is 0 Å². The first-order valence-corrected chi connectivity index (χ1v) is 6.41. The van der Waals surface area contributed by atoms with Gasteiger partial charge in [0.05, 0.1) is 26.4 Å². The van der Waals surface area contributed by atoms with Crippen LogP contribution in [-0.4, -0.2) is 56.8 Å². The summed E-state index contributed by atoms with van der Waals surface area (Å²) in [6, 6.07) is 0. The highest BCUT2D eigenvalue weighted by atomic mass is 16.5. The Balaban J connectivity index is 3.27. The van der Waals surface area contributed by atoms with Crippen molar-refractivity contribution in [2.45, 2.75) is 25.9 Å². The van der Waals surface area contributed by atoms with E-state index in [0.29, 0.717) is 32.7 Å². The lowest BCUT2D eigenvalue weighted by Crippen LogP contribution is -2.22. The topological polar surface area (TPSA) is 84.9 Å². The van der Waals surface area contributed by atoms with E-state index >= 15 is 0 Å². The van der Waals surface area contributed by atoms with E-state index in [1.165, 1.54) is 6.08 Å². The molecule has 0 aliphatic heterocycles.